The van der Waals surface area contributed by atoms with E-state index in [1.807, 2.05) is 0 Å². The van der Waals surface area contributed by atoms with Gasteiger partial charge in [-0.15, -0.1) is 0 Å². The first-order chi connectivity index (χ1) is 9.00. The highest BCUT2D eigenvalue weighted by atomic mass is 32.2. The first-order valence-corrected chi connectivity index (χ1v) is 7.12. The standard InChI is InChI=1S/C12H16N4O3S/c13-11(14)4-1-8(2-5-11)9-3-6-12(15,16)7-10(9)20(17,18)19/h1-7H,13-16H2,(H,17,18,19). The zero-order valence-electron chi connectivity index (χ0n) is 10.5. The third kappa shape index (κ3) is 3.12. The average molecular weight is 296 g/mol. The van der Waals surface area contributed by atoms with E-state index in [4.69, 9.17) is 22.9 Å². The molecular weight excluding hydrogens is 280 g/mol. The van der Waals surface area contributed by atoms with Crippen LogP contribution in [0.25, 0.3) is 0 Å². The van der Waals surface area contributed by atoms with Crippen molar-refractivity contribution in [1.82, 2.24) is 0 Å². The third-order valence-electron chi connectivity index (χ3n) is 2.88. The van der Waals surface area contributed by atoms with Crippen LogP contribution in [0.1, 0.15) is 0 Å². The lowest BCUT2D eigenvalue weighted by Gasteiger charge is -2.25. The molecule has 0 heterocycles. The number of allylic oxidation sites excluding steroid dienone is 5. The van der Waals surface area contributed by atoms with E-state index in [1.165, 1.54) is 24.3 Å². The zero-order chi connectivity index (χ0) is 15.2. The summed E-state index contributed by atoms with van der Waals surface area (Å²) in [5.41, 5.74) is 20.9. The second-order valence-corrected chi connectivity index (χ2v) is 6.24. The molecular formula is C12H16N4O3S. The SMILES string of the molecule is NC1(N)C=CC(=C2C=CC(N)(N)C=C2S(=O)(=O)O)C=C1. The molecule has 0 aromatic carbocycles. The first kappa shape index (κ1) is 14.9. The fourth-order valence-electron chi connectivity index (χ4n) is 1.87. The molecule has 7 nitrogen and oxygen atoms in total. The van der Waals surface area contributed by atoms with Gasteiger partial charge in [-0.25, -0.2) is 0 Å². The van der Waals surface area contributed by atoms with Crippen molar-refractivity contribution in [3.63, 3.8) is 0 Å². The lowest BCUT2D eigenvalue weighted by atomic mass is 9.93. The molecule has 2 aliphatic rings. The Morgan fingerprint density at radius 2 is 1.40 bits per heavy atom. The zero-order valence-corrected chi connectivity index (χ0v) is 11.3. The Bertz CT molecular complexity index is 676. The lowest BCUT2D eigenvalue weighted by Crippen LogP contribution is -2.47. The molecule has 0 radical (unpaired) electrons. The second kappa shape index (κ2) is 4.48. The predicted molar refractivity (Wildman–Crippen MR) is 76.3 cm³/mol. The van der Waals surface area contributed by atoms with Crippen molar-refractivity contribution in [3.8, 4) is 0 Å². The van der Waals surface area contributed by atoms with Crippen LogP contribution in [0, 0.1) is 0 Å². The number of hydrogen-bond donors (Lipinski definition) is 5. The minimum atomic E-state index is -4.46. The van der Waals surface area contributed by atoms with Gasteiger partial charge in [0.05, 0.1) is 0 Å². The fraction of sp³-hybridized carbons (Fsp3) is 0.167. The maximum Gasteiger partial charge on any atom is 0.294 e. The van der Waals surface area contributed by atoms with E-state index in [0.717, 1.165) is 6.08 Å². The molecule has 0 atom stereocenters. The summed E-state index contributed by atoms with van der Waals surface area (Å²) in [7, 11) is -4.46. The molecule has 0 bridgehead atoms. The predicted octanol–water partition coefficient (Wildman–Crippen LogP) is -1.02. The summed E-state index contributed by atoms with van der Waals surface area (Å²) in [5.74, 6) is 0. The van der Waals surface area contributed by atoms with Gasteiger partial charge in [0.1, 0.15) is 16.2 Å². The van der Waals surface area contributed by atoms with Gasteiger partial charge < -0.3 is 22.9 Å². The molecule has 0 saturated heterocycles. The molecule has 2 aliphatic carbocycles. The molecule has 0 aromatic rings. The molecule has 0 aliphatic heterocycles. The van der Waals surface area contributed by atoms with Gasteiger partial charge in [-0.05, 0) is 29.9 Å². The maximum absolute atomic E-state index is 11.5. The number of rotatable bonds is 1. The van der Waals surface area contributed by atoms with Crippen LogP contribution >= 0.6 is 0 Å². The summed E-state index contributed by atoms with van der Waals surface area (Å²) in [6, 6.07) is 0. The van der Waals surface area contributed by atoms with E-state index in [1.54, 1.807) is 12.2 Å². The van der Waals surface area contributed by atoms with Gasteiger partial charge in [0.2, 0.25) is 0 Å². The Hall–Kier alpha value is -1.55. The lowest BCUT2D eigenvalue weighted by molar-refractivity contribution is 0.490. The average Bonchev–Trinajstić information content (AvgIpc) is 2.27. The van der Waals surface area contributed by atoms with E-state index in [0.29, 0.717) is 5.57 Å². The van der Waals surface area contributed by atoms with Gasteiger partial charge in [0, 0.05) is 5.57 Å². The highest BCUT2D eigenvalue weighted by Gasteiger charge is 2.28. The van der Waals surface area contributed by atoms with Crippen LogP contribution in [0.15, 0.2) is 58.6 Å². The molecule has 0 spiro atoms. The van der Waals surface area contributed by atoms with Gasteiger partial charge in [-0.3, -0.25) is 4.55 Å². The Morgan fingerprint density at radius 1 is 0.900 bits per heavy atom. The molecule has 0 unspecified atom stereocenters. The summed E-state index contributed by atoms with van der Waals surface area (Å²) in [6.45, 7) is 0. The molecule has 2 rings (SSSR count). The summed E-state index contributed by atoms with van der Waals surface area (Å²) in [4.78, 5) is -0.351. The normalized spacial score (nSPS) is 23.9. The van der Waals surface area contributed by atoms with E-state index >= 15 is 0 Å². The van der Waals surface area contributed by atoms with Crippen molar-refractivity contribution in [2.24, 2.45) is 22.9 Å². The van der Waals surface area contributed by atoms with Gasteiger partial charge in [0.15, 0.2) is 0 Å². The summed E-state index contributed by atoms with van der Waals surface area (Å²) in [6.07, 6.45) is 10.1. The van der Waals surface area contributed by atoms with Crippen LogP contribution in [-0.2, 0) is 10.1 Å². The van der Waals surface area contributed by atoms with E-state index in [9.17, 15) is 13.0 Å². The minimum absolute atomic E-state index is 0.266. The van der Waals surface area contributed by atoms with Crippen LogP contribution in [0.3, 0.4) is 0 Å². The molecule has 8 heteroatoms. The quantitative estimate of drug-likeness (QED) is 0.306. The monoisotopic (exact) mass is 296 g/mol. The van der Waals surface area contributed by atoms with Crippen LogP contribution in [0.2, 0.25) is 0 Å². The van der Waals surface area contributed by atoms with Gasteiger partial charge in [-0.2, -0.15) is 8.42 Å². The van der Waals surface area contributed by atoms with Gasteiger partial charge >= 0.3 is 0 Å². The van der Waals surface area contributed by atoms with Gasteiger partial charge in [-0.1, -0.05) is 18.2 Å². The van der Waals surface area contributed by atoms with E-state index < -0.39 is 21.4 Å². The van der Waals surface area contributed by atoms with Crippen molar-refractivity contribution in [3.05, 3.63) is 58.6 Å². The third-order valence-corrected chi connectivity index (χ3v) is 3.77. The van der Waals surface area contributed by atoms with Crippen molar-refractivity contribution in [2.45, 2.75) is 11.3 Å². The Balaban J connectivity index is 2.58. The molecule has 0 amide bonds. The molecule has 20 heavy (non-hydrogen) atoms. The van der Waals surface area contributed by atoms with Crippen LogP contribution < -0.4 is 22.9 Å². The first-order valence-electron chi connectivity index (χ1n) is 5.68. The maximum atomic E-state index is 11.5. The molecule has 108 valence electrons. The fourth-order valence-corrected chi connectivity index (χ4v) is 2.69. The van der Waals surface area contributed by atoms with E-state index in [2.05, 4.69) is 0 Å². The summed E-state index contributed by atoms with van der Waals surface area (Å²) in [5, 5.41) is 0. The topological polar surface area (TPSA) is 158 Å². The second-order valence-electron chi connectivity index (χ2n) is 4.85. The van der Waals surface area contributed by atoms with E-state index in [-0.39, 0.29) is 10.5 Å². The Morgan fingerprint density at radius 3 is 1.90 bits per heavy atom. The molecule has 0 fully saturated rings. The molecule has 9 N–H and O–H groups in total. The van der Waals surface area contributed by atoms with Crippen molar-refractivity contribution < 1.29 is 13.0 Å². The Kier molecular flexibility index (Phi) is 3.33. The van der Waals surface area contributed by atoms with Gasteiger partial charge in [0.25, 0.3) is 10.1 Å². The Labute approximate surface area is 116 Å². The van der Waals surface area contributed by atoms with Crippen molar-refractivity contribution >= 4 is 10.1 Å². The van der Waals surface area contributed by atoms with Crippen LogP contribution in [0.5, 0.6) is 0 Å². The highest BCUT2D eigenvalue weighted by molar-refractivity contribution is 7.90. The van der Waals surface area contributed by atoms with Crippen molar-refractivity contribution in [2.75, 3.05) is 0 Å². The highest BCUT2D eigenvalue weighted by Crippen LogP contribution is 2.29. The molecule has 0 saturated carbocycles. The number of nitrogens with two attached hydrogens (primary N) is 4. The largest absolute Gasteiger partial charge is 0.307 e. The van der Waals surface area contributed by atoms with Crippen LogP contribution in [-0.4, -0.2) is 24.3 Å². The van der Waals surface area contributed by atoms with Crippen molar-refractivity contribution in [1.29, 1.82) is 0 Å². The molecule has 0 aromatic heterocycles. The smallest absolute Gasteiger partial charge is 0.294 e. The number of hydrogen-bond acceptors (Lipinski definition) is 6. The minimum Gasteiger partial charge on any atom is -0.307 e. The summed E-state index contributed by atoms with van der Waals surface area (Å²) >= 11 is 0. The summed E-state index contributed by atoms with van der Waals surface area (Å²) < 4.78 is 32.2. The van der Waals surface area contributed by atoms with Crippen LogP contribution in [0.4, 0.5) is 0 Å².